The van der Waals surface area contributed by atoms with E-state index in [2.05, 4.69) is 13.8 Å². The first-order valence-corrected chi connectivity index (χ1v) is 14.3. The van der Waals surface area contributed by atoms with Crippen LogP contribution in [0.4, 0.5) is 0 Å². The minimum Gasteiger partial charge on any atom is -0.423 e. The zero-order valence-corrected chi connectivity index (χ0v) is 23.0. The predicted molar refractivity (Wildman–Crippen MR) is 154 cm³/mol. The summed E-state index contributed by atoms with van der Waals surface area (Å²) in [5.74, 6) is -0.0134. The van der Waals surface area contributed by atoms with Crippen molar-refractivity contribution < 1.29 is 19.1 Å². The molecule has 0 aliphatic rings. The van der Waals surface area contributed by atoms with E-state index in [9.17, 15) is 9.59 Å². The molecule has 0 heterocycles. The number of hydrogen-bond donors (Lipinski definition) is 0. The van der Waals surface area contributed by atoms with Crippen LogP contribution in [-0.4, -0.2) is 11.9 Å². The van der Waals surface area contributed by atoms with Gasteiger partial charge in [-0.25, -0.2) is 9.59 Å². The number of ether oxygens (including phenoxy) is 2. The monoisotopic (exact) mass is 514 g/mol. The summed E-state index contributed by atoms with van der Waals surface area (Å²) in [4.78, 5) is 25.1. The van der Waals surface area contributed by atoms with E-state index in [1.54, 1.807) is 24.3 Å². The summed E-state index contributed by atoms with van der Waals surface area (Å²) >= 11 is 0. The molecule has 3 rings (SSSR count). The van der Waals surface area contributed by atoms with Gasteiger partial charge in [-0.2, -0.15) is 0 Å². The largest absolute Gasteiger partial charge is 0.423 e. The maximum Gasteiger partial charge on any atom is 0.343 e. The Bertz CT molecular complexity index is 1010. The number of carbonyl (C=O) groups is 2. The van der Waals surface area contributed by atoms with Crippen molar-refractivity contribution in [3.8, 4) is 11.5 Å². The van der Waals surface area contributed by atoms with E-state index >= 15 is 0 Å². The third-order valence-electron chi connectivity index (χ3n) is 6.76. The van der Waals surface area contributed by atoms with Crippen LogP contribution in [0.1, 0.15) is 110 Å². The minimum atomic E-state index is -0.408. The van der Waals surface area contributed by atoms with Crippen molar-refractivity contribution in [1.29, 1.82) is 0 Å². The lowest BCUT2D eigenvalue weighted by Gasteiger charge is -2.08. The first kappa shape index (κ1) is 29.2. The van der Waals surface area contributed by atoms with Crippen LogP contribution >= 0.6 is 0 Å². The van der Waals surface area contributed by atoms with Gasteiger partial charge >= 0.3 is 11.9 Å². The van der Waals surface area contributed by atoms with Gasteiger partial charge in [0, 0.05) is 0 Å². The van der Waals surface area contributed by atoms with Gasteiger partial charge in [0.05, 0.1) is 11.1 Å². The molecule has 0 amide bonds. The zero-order chi connectivity index (χ0) is 27.0. The van der Waals surface area contributed by atoms with Gasteiger partial charge in [-0.05, 0) is 85.3 Å². The predicted octanol–water partition coefficient (Wildman–Crippen LogP) is 9.15. The molecule has 0 aliphatic heterocycles. The van der Waals surface area contributed by atoms with Crippen molar-refractivity contribution in [3.05, 3.63) is 95.1 Å². The van der Waals surface area contributed by atoms with Gasteiger partial charge in [0.25, 0.3) is 0 Å². The molecule has 4 nitrogen and oxygen atoms in total. The molecule has 0 fully saturated rings. The first-order valence-electron chi connectivity index (χ1n) is 14.3. The molecule has 0 saturated heterocycles. The van der Waals surface area contributed by atoms with Gasteiger partial charge in [-0.1, -0.05) is 89.5 Å². The van der Waals surface area contributed by atoms with Crippen molar-refractivity contribution in [2.75, 3.05) is 0 Å². The summed E-state index contributed by atoms with van der Waals surface area (Å²) in [6.07, 6.45) is 14.5. The lowest BCUT2D eigenvalue weighted by molar-refractivity contribution is 0.0719. The molecule has 0 radical (unpaired) electrons. The van der Waals surface area contributed by atoms with Gasteiger partial charge in [-0.15, -0.1) is 0 Å². The van der Waals surface area contributed by atoms with Crippen molar-refractivity contribution in [2.24, 2.45) is 0 Å². The van der Waals surface area contributed by atoms with E-state index in [0.29, 0.717) is 22.6 Å². The maximum atomic E-state index is 12.5. The van der Waals surface area contributed by atoms with Crippen LogP contribution in [-0.2, 0) is 12.8 Å². The van der Waals surface area contributed by atoms with Crippen molar-refractivity contribution in [1.82, 2.24) is 0 Å². The van der Waals surface area contributed by atoms with Crippen LogP contribution in [0.15, 0.2) is 72.8 Å². The molecule has 38 heavy (non-hydrogen) atoms. The first-order chi connectivity index (χ1) is 18.6. The molecule has 3 aromatic rings. The van der Waals surface area contributed by atoms with Crippen molar-refractivity contribution in [3.63, 3.8) is 0 Å². The van der Waals surface area contributed by atoms with Crippen LogP contribution in [0.2, 0.25) is 0 Å². The molecule has 202 valence electrons. The Kier molecular flexibility index (Phi) is 12.6. The fraction of sp³-hybridized carbons (Fsp3) is 0.412. The quantitative estimate of drug-likeness (QED) is 0.109. The number of rotatable bonds is 16. The number of esters is 2. The second kappa shape index (κ2) is 16.4. The minimum absolute atomic E-state index is 0.401. The Morgan fingerprint density at radius 1 is 0.474 bits per heavy atom. The van der Waals surface area contributed by atoms with Crippen LogP contribution in [0.25, 0.3) is 0 Å². The highest BCUT2D eigenvalue weighted by Gasteiger charge is 2.11. The molecular formula is C34H42O4. The average Bonchev–Trinajstić information content (AvgIpc) is 2.94. The van der Waals surface area contributed by atoms with Gasteiger partial charge < -0.3 is 9.47 Å². The summed E-state index contributed by atoms with van der Waals surface area (Å²) < 4.78 is 11.0. The van der Waals surface area contributed by atoms with E-state index in [-0.39, 0.29) is 0 Å². The van der Waals surface area contributed by atoms with Gasteiger partial charge in [0.2, 0.25) is 0 Å². The van der Waals surface area contributed by atoms with Crippen molar-refractivity contribution in [2.45, 2.75) is 90.9 Å². The second-order valence-corrected chi connectivity index (χ2v) is 9.97. The Balaban J connectivity index is 1.43. The molecular weight excluding hydrogens is 472 g/mol. The summed E-state index contributed by atoms with van der Waals surface area (Å²) in [5, 5.41) is 0. The van der Waals surface area contributed by atoms with Crippen molar-refractivity contribution >= 4 is 11.9 Å². The summed E-state index contributed by atoms with van der Waals surface area (Å²) in [7, 11) is 0. The Morgan fingerprint density at radius 3 is 1.16 bits per heavy atom. The Morgan fingerprint density at radius 2 is 0.816 bits per heavy atom. The standard InChI is InChI=1S/C34H42O4/c1-3-5-7-9-11-13-27-15-19-29(20-16-27)33(35)37-31-23-25-32(26-24-31)38-34(36)30-21-17-28(18-22-30)14-12-10-8-6-4-2/h15-26H,3-14H2,1-2H3. The molecule has 0 N–H and O–H groups in total. The fourth-order valence-corrected chi connectivity index (χ4v) is 4.39. The SMILES string of the molecule is CCCCCCCc1ccc(C(=O)Oc2ccc(OC(=O)c3ccc(CCCCCCC)cc3)cc2)cc1. The molecule has 4 heteroatoms. The summed E-state index contributed by atoms with van der Waals surface area (Å²) in [5.41, 5.74) is 3.50. The zero-order valence-electron chi connectivity index (χ0n) is 23.0. The third kappa shape index (κ3) is 10.2. The van der Waals surface area contributed by atoms with Crippen LogP contribution in [0, 0.1) is 0 Å². The lowest BCUT2D eigenvalue weighted by atomic mass is 10.0. The maximum absolute atomic E-state index is 12.5. The molecule has 0 aromatic heterocycles. The highest BCUT2D eigenvalue weighted by atomic mass is 16.5. The normalized spacial score (nSPS) is 10.8. The van der Waals surface area contributed by atoms with E-state index in [1.807, 2.05) is 48.5 Å². The Labute approximate surface area is 228 Å². The second-order valence-electron chi connectivity index (χ2n) is 9.97. The summed E-state index contributed by atoms with van der Waals surface area (Å²) in [6.45, 7) is 4.44. The highest BCUT2D eigenvalue weighted by molar-refractivity contribution is 5.92. The number of hydrogen-bond acceptors (Lipinski definition) is 4. The number of carbonyl (C=O) groups excluding carboxylic acids is 2. The van der Waals surface area contributed by atoms with Gasteiger partial charge in [0.15, 0.2) is 0 Å². The highest BCUT2D eigenvalue weighted by Crippen LogP contribution is 2.21. The molecule has 0 saturated carbocycles. The third-order valence-corrected chi connectivity index (χ3v) is 6.76. The number of unbranched alkanes of at least 4 members (excludes halogenated alkanes) is 8. The van der Waals surface area contributed by atoms with E-state index in [1.165, 1.54) is 75.3 Å². The molecule has 0 bridgehead atoms. The van der Waals surface area contributed by atoms with E-state index in [0.717, 1.165) is 12.8 Å². The number of benzene rings is 3. The molecule has 0 spiro atoms. The Hall–Kier alpha value is -3.40. The van der Waals surface area contributed by atoms with Crippen LogP contribution < -0.4 is 9.47 Å². The molecule has 3 aromatic carbocycles. The average molecular weight is 515 g/mol. The topological polar surface area (TPSA) is 52.6 Å². The van der Waals surface area contributed by atoms with Crippen LogP contribution in [0.3, 0.4) is 0 Å². The van der Waals surface area contributed by atoms with Gasteiger partial charge in [0.1, 0.15) is 11.5 Å². The molecule has 0 atom stereocenters. The van der Waals surface area contributed by atoms with Gasteiger partial charge in [-0.3, -0.25) is 0 Å². The lowest BCUT2D eigenvalue weighted by Crippen LogP contribution is -2.09. The fourth-order valence-electron chi connectivity index (χ4n) is 4.39. The molecule has 0 unspecified atom stereocenters. The van der Waals surface area contributed by atoms with Crippen LogP contribution in [0.5, 0.6) is 11.5 Å². The smallest absolute Gasteiger partial charge is 0.343 e. The number of aryl methyl sites for hydroxylation is 2. The van der Waals surface area contributed by atoms with E-state index < -0.39 is 11.9 Å². The molecule has 0 aliphatic carbocycles. The summed E-state index contributed by atoms with van der Waals surface area (Å²) in [6, 6.07) is 21.8. The van der Waals surface area contributed by atoms with E-state index in [4.69, 9.17) is 9.47 Å².